The summed E-state index contributed by atoms with van der Waals surface area (Å²) in [6.07, 6.45) is 3.59. The molecule has 2 nitrogen and oxygen atoms in total. The first-order chi connectivity index (χ1) is 19.0. The van der Waals surface area contributed by atoms with Gasteiger partial charge >= 0.3 is 17.8 Å². The molecule has 216 valence electrons. The van der Waals surface area contributed by atoms with Crippen molar-refractivity contribution in [2.45, 2.75) is 31.6 Å². The summed E-state index contributed by atoms with van der Waals surface area (Å²) in [4.78, 5) is 4.66. The fraction of sp³-hybridized carbons (Fsp3) is 0.355. The van der Waals surface area contributed by atoms with Crippen molar-refractivity contribution in [2.24, 2.45) is 10.8 Å². The Kier molecular flexibility index (Phi) is 6.00. The van der Waals surface area contributed by atoms with Gasteiger partial charge in [-0.15, -0.1) is 0 Å². The van der Waals surface area contributed by atoms with Gasteiger partial charge in [0.05, 0.1) is 0 Å². The molecule has 2 atom stereocenters. The monoisotopic (exact) mass is 606 g/mol. The lowest BCUT2D eigenvalue weighted by atomic mass is 9.60. The van der Waals surface area contributed by atoms with E-state index in [1.54, 1.807) is 26.0 Å². The zero-order valence-corrected chi connectivity index (χ0v) is 24.9. The van der Waals surface area contributed by atoms with Crippen molar-refractivity contribution in [3.8, 4) is 0 Å². The average Bonchev–Trinajstić information content (AvgIpc) is 3.48. The molecule has 10 heteroatoms. The third-order valence-electron chi connectivity index (χ3n) is 8.74. The zero-order valence-electron chi connectivity index (χ0n) is 23.3. The van der Waals surface area contributed by atoms with Gasteiger partial charge in [0.1, 0.15) is 0 Å². The van der Waals surface area contributed by atoms with E-state index in [1.165, 1.54) is 0 Å². The van der Waals surface area contributed by atoms with Crippen LogP contribution >= 0.6 is 23.5 Å². The molecule has 4 aliphatic rings. The van der Waals surface area contributed by atoms with Crippen LogP contribution in [0, 0.1) is 10.8 Å². The van der Waals surface area contributed by atoms with Crippen LogP contribution in [0.15, 0.2) is 81.6 Å². The molecule has 0 spiro atoms. The van der Waals surface area contributed by atoms with Crippen molar-refractivity contribution in [3.63, 3.8) is 0 Å². The van der Waals surface area contributed by atoms with Gasteiger partial charge in [-0.25, -0.2) is 0 Å². The average molecular weight is 607 g/mol. The summed E-state index contributed by atoms with van der Waals surface area (Å²) in [5.41, 5.74) is -1.75. The maximum absolute atomic E-state index is 15.6. The fourth-order valence-corrected chi connectivity index (χ4v) is 9.18. The molecule has 2 aromatic carbocycles. The van der Waals surface area contributed by atoms with Crippen LogP contribution in [0.2, 0.25) is 0 Å². The zero-order chi connectivity index (χ0) is 29.9. The van der Waals surface area contributed by atoms with Crippen LogP contribution in [0.25, 0.3) is 9.81 Å². The number of rotatable bonds is 4. The minimum absolute atomic E-state index is 0.145. The SMILES string of the molecule is CN(C)c1ccc(C2=C[C@]3(C)C(=C4C(=C5SC(c6ccc(N(C)C)cc6)=C[C@]53C)C(F)(F)C(F)(F)C4(F)F)S2)cc1. The lowest BCUT2D eigenvalue weighted by Gasteiger charge is -2.45. The highest BCUT2D eigenvalue weighted by Crippen LogP contribution is 2.78. The second kappa shape index (κ2) is 8.66. The Labute approximate surface area is 243 Å². The molecule has 0 bridgehead atoms. The summed E-state index contributed by atoms with van der Waals surface area (Å²) in [5, 5.41) is 0. The quantitative estimate of drug-likeness (QED) is 0.320. The number of alkyl halides is 6. The number of halogens is 6. The van der Waals surface area contributed by atoms with Crippen LogP contribution in [0.4, 0.5) is 37.7 Å². The molecule has 0 aromatic heterocycles. The summed E-state index contributed by atoms with van der Waals surface area (Å²) in [5.74, 6) is -15.7. The molecule has 2 aliphatic carbocycles. The highest BCUT2D eigenvalue weighted by Gasteiger charge is 2.84. The lowest BCUT2D eigenvalue weighted by molar-refractivity contribution is -0.258. The molecular weight excluding hydrogens is 578 g/mol. The van der Waals surface area contributed by atoms with Crippen LogP contribution in [0.5, 0.6) is 0 Å². The number of hydrogen-bond donors (Lipinski definition) is 0. The summed E-state index contributed by atoms with van der Waals surface area (Å²) >= 11 is 1.79. The van der Waals surface area contributed by atoms with Crippen molar-refractivity contribution in [2.75, 3.05) is 38.0 Å². The number of benzene rings is 2. The Balaban J connectivity index is 1.58. The third-order valence-corrected chi connectivity index (χ3v) is 11.6. The van der Waals surface area contributed by atoms with E-state index < -0.39 is 39.7 Å². The van der Waals surface area contributed by atoms with E-state index in [0.29, 0.717) is 20.9 Å². The maximum atomic E-state index is 15.6. The van der Waals surface area contributed by atoms with Gasteiger partial charge < -0.3 is 9.80 Å². The van der Waals surface area contributed by atoms with E-state index in [2.05, 4.69) is 0 Å². The first kappa shape index (κ1) is 28.4. The number of thioether (sulfide) groups is 2. The standard InChI is InChI=1S/C31H28F6N2S2/c1-27-15-21(17-7-11-19(12-8-17)38(3)4)40-25(27)23-24(30(34,35)31(36,37)29(23,32)33)26-28(27,2)16-22(41-26)18-9-13-20(14-10-18)39(5)6/h7-16H,1-6H3/t27-,28-/m1/s1. The molecule has 0 radical (unpaired) electrons. The normalized spacial score (nSPS) is 28.7. The molecule has 0 amide bonds. The number of fused-ring (bicyclic) bond motifs is 4. The van der Waals surface area contributed by atoms with Gasteiger partial charge in [0.15, 0.2) is 0 Å². The number of hydrogen-bond acceptors (Lipinski definition) is 4. The predicted octanol–water partition coefficient (Wildman–Crippen LogP) is 9.15. The van der Waals surface area contributed by atoms with E-state index in [4.69, 9.17) is 0 Å². The lowest BCUT2D eigenvalue weighted by Crippen LogP contribution is -2.47. The molecular formula is C31H28F6N2S2. The Hall–Kier alpha value is -2.72. The molecule has 6 rings (SSSR count). The van der Waals surface area contributed by atoms with Gasteiger partial charge in [-0.1, -0.05) is 73.8 Å². The highest BCUT2D eigenvalue weighted by molar-refractivity contribution is 8.12. The van der Waals surface area contributed by atoms with Crippen LogP contribution in [0.1, 0.15) is 25.0 Å². The number of allylic oxidation sites excluding steroid dienone is 6. The summed E-state index contributed by atoms with van der Waals surface area (Å²) < 4.78 is 92.3. The van der Waals surface area contributed by atoms with Gasteiger partial charge in [-0.2, -0.15) is 26.3 Å². The maximum Gasteiger partial charge on any atom is 0.380 e. The molecule has 0 unspecified atom stereocenters. The number of nitrogens with zero attached hydrogens (tertiary/aromatic N) is 2. The predicted molar refractivity (Wildman–Crippen MR) is 158 cm³/mol. The van der Waals surface area contributed by atoms with E-state index in [9.17, 15) is 0 Å². The Morgan fingerprint density at radius 3 is 1.15 bits per heavy atom. The van der Waals surface area contributed by atoms with Gasteiger partial charge in [-0.05, 0) is 35.4 Å². The van der Waals surface area contributed by atoms with Crippen molar-refractivity contribution in [1.29, 1.82) is 0 Å². The van der Waals surface area contributed by atoms with Crippen LogP contribution in [0.3, 0.4) is 0 Å². The van der Waals surface area contributed by atoms with Gasteiger partial charge in [0.2, 0.25) is 0 Å². The second-order valence-corrected chi connectivity index (χ2v) is 13.7. The van der Waals surface area contributed by atoms with Crippen LogP contribution in [-0.2, 0) is 0 Å². The van der Waals surface area contributed by atoms with Crippen molar-refractivity contribution in [3.05, 3.63) is 92.8 Å². The molecule has 41 heavy (non-hydrogen) atoms. The van der Waals surface area contributed by atoms with Crippen LogP contribution < -0.4 is 9.80 Å². The van der Waals surface area contributed by atoms with Gasteiger partial charge in [0, 0.05) is 81.2 Å². The first-order valence-electron chi connectivity index (χ1n) is 13.0. The topological polar surface area (TPSA) is 6.48 Å². The van der Waals surface area contributed by atoms with Crippen molar-refractivity contribution < 1.29 is 26.3 Å². The molecule has 1 saturated carbocycles. The van der Waals surface area contributed by atoms with E-state index in [1.807, 2.05) is 86.5 Å². The van der Waals surface area contributed by atoms with Crippen molar-refractivity contribution in [1.82, 2.24) is 0 Å². The van der Waals surface area contributed by atoms with E-state index >= 15 is 26.3 Å². The van der Waals surface area contributed by atoms with E-state index in [-0.39, 0.29) is 9.81 Å². The minimum Gasteiger partial charge on any atom is -0.378 e. The third kappa shape index (κ3) is 3.55. The smallest absolute Gasteiger partial charge is 0.378 e. The highest BCUT2D eigenvalue weighted by atomic mass is 32.2. The number of anilines is 2. The molecule has 2 aromatic rings. The Morgan fingerprint density at radius 1 is 0.537 bits per heavy atom. The minimum atomic E-state index is -5.57. The fourth-order valence-electron chi connectivity index (χ4n) is 6.01. The molecule has 0 saturated heterocycles. The summed E-state index contributed by atoms with van der Waals surface area (Å²) in [6, 6.07) is 14.8. The summed E-state index contributed by atoms with van der Waals surface area (Å²) in [6.45, 7) is 3.39. The first-order valence-corrected chi connectivity index (χ1v) is 14.6. The summed E-state index contributed by atoms with van der Waals surface area (Å²) in [7, 11) is 7.53. The Morgan fingerprint density at radius 2 is 0.854 bits per heavy atom. The van der Waals surface area contributed by atoms with Gasteiger partial charge in [-0.3, -0.25) is 0 Å². The van der Waals surface area contributed by atoms with Gasteiger partial charge in [0.25, 0.3) is 0 Å². The van der Waals surface area contributed by atoms with Crippen molar-refractivity contribution >= 4 is 44.7 Å². The molecule has 2 heterocycles. The second-order valence-electron chi connectivity index (χ2n) is 11.6. The van der Waals surface area contributed by atoms with E-state index in [0.717, 1.165) is 34.9 Å². The molecule has 2 aliphatic heterocycles. The molecule has 0 N–H and O–H groups in total. The molecule has 1 fully saturated rings. The largest absolute Gasteiger partial charge is 0.380 e. The van der Waals surface area contributed by atoms with Crippen LogP contribution in [-0.4, -0.2) is 46.0 Å². The Bertz CT molecular complexity index is 1470.